The molecule has 2 aromatic heterocycles. The molecule has 3 rings (SSSR count). The summed E-state index contributed by atoms with van der Waals surface area (Å²) in [6.45, 7) is 3.59. The Kier molecular flexibility index (Phi) is 3.94. The lowest BCUT2D eigenvalue weighted by atomic mass is 10.0. The molecule has 1 aliphatic heterocycles. The van der Waals surface area contributed by atoms with Crippen LogP contribution in [0.2, 0.25) is 0 Å². The fraction of sp³-hybridized carbons (Fsp3) is 0.467. The van der Waals surface area contributed by atoms with E-state index in [1.807, 2.05) is 17.3 Å². The first-order valence-electron chi connectivity index (χ1n) is 7.36. The van der Waals surface area contributed by atoms with Gasteiger partial charge in [-0.25, -0.2) is 9.97 Å². The summed E-state index contributed by atoms with van der Waals surface area (Å²) in [5.74, 6) is 1.04. The van der Waals surface area contributed by atoms with Gasteiger partial charge in [0.25, 0.3) is 5.91 Å². The summed E-state index contributed by atoms with van der Waals surface area (Å²) >= 11 is 0. The van der Waals surface area contributed by atoms with E-state index < -0.39 is 0 Å². The van der Waals surface area contributed by atoms with Crippen LogP contribution in [0.1, 0.15) is 42.1 Å². The van der Waals surface area contributed by atoms with Gasteiger partial charge >= 0.3 is 0 Å². The number of amides is 1. The zero-order valence-corrected chi connectivity index (χ0v) is 12.1. The van der Waals surface area contributed by atoms with Crippen molar-refractivity contribution >= 4 is 5.91 Å². The third kappa shape index (κ3) is 2.79. The molecule has 110 valence electrons. The van der Waals surface area contributed by atoms with Gasteiger partial charge in [-0.3, -0.25) is 9.78 Å². The molecule has 6 nitrogen and oxygen atoms in total. The fourth-order valence-electron chi connectivity index (χ4n) is 2.89. The van der Waals surface area contributed by atoms with E-state index in [2.05, 4.69) is 26.4 Å². The molecule has 21 heavy (non-hydrogen) atoms. The number of aryl methyl sites for hydroxylation is 1. The first-order chi connectivity index (χ1) is 10.3. The number of carbonyl (C=O) groups excluding carboxylic acids is 1. The molecule has 0 N–H and O–H groups in total. The summed E-state index contributed by atoms with van der Waals surface area (Å²) < 4.78 is 2.20. The number of nitrogens with zero attached hydrogens (tertiary/aromatic N) is 5. The molecule has 1 saturated heterocycles. The van der Waals surface area contributed by atoms with Crippen LogP contribution in [0, 0.1) is 0 Å². The third-order valence-electron chi connectivity index (χ3n) is 3.92. The minimum Gasteiger partial charge on any atom is -0.335 e. The molecule has 0 unspecified atom stereocenters. The molecule has 2 aromatic rings. The predicted molar refractivity (Wildman–Crippen MR) is 77.8 cm³/mol. The highest BCUT2D eigenvalue weighted by Gasteiger charge is 2.26. The highest BCUT2D eigenvalue weighted by Crippen LogP contribution is 2.23. The summed E-state index contributed by atoms with van der Waals surface area (Å²) in [6, 6.07) is 0.303. The SMILES string of the molecule is CCc1nccn1[C@H]1CCCN(C(=O)c2cnccn2)C1. The van der Waals surface area contributed by atoms with Gasteiger partial charge in [-0.05, 0) is 12.8 Å². The van der Waals surface area contributed by atoms with Crippen molar-refractivity contribution < 1.29 is 4.79 Å². The standard InChI is InChI=1S/C15H19N5O/c1-2-14-18-7-9-20(14)12-4-3-8-19(11-12)15(21)13-10-16-5-6-17-13/h5-7,9-10,12H,2-4,8,11H2,1H3/t12-/m0/s1. The van der Waals surface area contributed by atoms with Crippen LogP contribution in [-0.4, -0.2) is 43.4 Å². The third-order valence-corrected chi connectivity index (χ3v) is 3.92. The van der Waals surface area contributed by atoms with Crippen LogP contribution in [0.4, 0.5) is 0 Å². The van der Waals surface area contributed by atoms with Gasteiger partial charge in [0.15, 0.2) is 0 Å². The summed E-state index contributed by atoms with van der Waals surface area (Å²) in [5, 5.41) is 0. The molecule has 6 heteroatoms. The van der Waals surface area contributed by atoms with E-state index in [1.165, 1.54) is 6.20 Å². The molecular weight excluding hydrogens is 266 g/mol. The number of carbonyl (C=O) groups is 1. The lowest BCUT2D eigenvalue weighted by molar-refractivity contribution is 0.0671. The minimum absolute atomic E-state index is 0.0361. The van der Waals surface area contributed by atoms with Crippen molar-refractivity contribution in [3.8, 4) is 0 Å². The maximum absolute atomic E-state index is 12.5. The summed E-state index contributed by atoms with van der Waals surface area (Å²) in [4.78, 5) is 26.8. The van der Waals surface area contributed by atoms with E-state index in [1.54, 1.807) is 12.4 Å². The van der Waals surface area contributed by atoms with Gasteiger partial charge < -0.3 is 9.47 Å². The zero-order chi connectivity index (χ0) is 14.7. The van der Waals surface area contributed by atoms with Crippen LogP contribution in [0.5, 0.6) is 0 Å². The topological polar surface area (TPSA) is 63.9 Å². The number of hydrogen-bond acceptors (Lipinski definition) is 4. The molecule has 1 aliphatic rings. The number of rotatable bonds is 3. The quantitative estimate of drug-likeness (QED) is 0.861. The molecule has 0 aliphatic carbocycles. The van der Waals surface area contributed by atoms with E-state index in [0.717, 1.165) is 31.6 Å². The Morgan fingerprint density at radius 3 is 3.00 bits per heavy atom. The van der Waals surface area contributed by atoms with E-state index in [-0.39, 0.29) is 5.91 Å². The van der Waals surface area contributed by atoms with Crippen molar-refractivity contribution in [2.75, 3.05) is 13.1 Å². The Bertz CT molecular complexity index is 610. The van der Waals surface area contributed by atoms with Crippen LogP contribution in [0.3, 0.4) is 0 Å². The molecule has 1 atom stereocenters. The molecule has 0 bridgehead atoms. The second kappa shape index (κ2) is 6.03. The van der Waals surface area contributed by atoms with Gasteiger partial charge in [0.2, 0.25) is 0 Å². The summed E-state index contributed by atoms with van der Waals surface area (Å²) in [7, 11) is 0. The maximum atomic E-state index is 12.5. The lowest BCUT2D eigenvalue weighted by Crippen LogP contribution is -2.41. The smallest absolute Gasteiger partial charge is 0.274 e. The Labute approximate surface area is 123 Å². The van der Waals surface area contributed by atoms with E-state index in [9.17, 15) is 4.79 Å². The molecule has 0 radical (unpaired) electrons. The normalized spacial score (nSPS) is 18.7. The number of piperidine rings is 1. The lowest BCUT2D eigenvalue weighted by Gasteiger charge is -2.33. The number of likely N-dealkylation sites (tertiary alicyclic amines) is 1. The maximum Gasteiger partial charge on any atom is 0.274 e. The minimum atomic E-state index is -0.0361. The van der Waals surface area contributed by atoms with E-state index >= 15 is 0 Å². The summed E-state index contributed by atoms with van der Waals surface area (Å²) in [5.41, 5.74) is 0.416. The molecular formula is C15H19N5O. The van der Waals surface area contributed by atoms with Crippen molar-refractivity contribution in [3.05, 3.63) is 42.5 Å². The molecule has 1 amide bonds. The van der Waals surface area contributed by atoms with Gasteiger partial charge in [0, 0.05) is 44.3 Å². The van der Waals surface area contributed by atoms with E-state index in [0.29, 0.717) is 18.3 Å². The average molecular weight is 285 g/mol. The monoisotopic (exact) mass is 285 g/mol. The van der Waals surface area contributed by atoms with Gasteiger partial charge in [0.1, 0.15) is 11.5 Å². The second-order valence-corrected chi connectivity index (χ2v) is 5.24. The van der Waals surface area contributed by atoms with Crippen LogP contribution >= 0.6 is 0 Å². The van der Waals surface area contributed by atoms with Gasteiger partial charge in [0.05, 0.1) is 12.2 Å². The van der Waals surface area contributed by atoms with Gasteiger partial charge in [-0.15, -0.1) is 0 Å². The van der Waals surface area contributed by atoms with Crippen molar-refractivity contribution in [2.24, 2.45) is 0 Å². The van der Waals surface area contributed by atoms with Gasteiger partial charge in [-0.2, -0.15) is 0 Å². The van der Waals surface area contributed by atoms with Gasteiger partial charge in [-0.1, -0.05) is 6.92 Å². The molecule has 0 spiro atoms. The van der Waals surface area contributed by atoms with E-state index in [4.69, 9.17) is 0 Å². The van der Waals surface area contributed by atoms with Crippen LogP contribution in [0.25, 0.3) is 0 Å². The highest BCUT2D eigenvalue weighted by atomic mass is 16.2. The Hall–Kier alpha value is -2.24. The molecule has 3 heterocycles. The average Bonchev–Trinajstić information content (AvgIpc) is 3.04. The second-order valence-electron chi connectivity index (χ2n) is 5.24. The van der Waals surface area contributed by atoms with Crippen molar-refractivity contribution in [1.82, 2.24) is 24.4 Å². The first-order valence-corrected chi connectivity index (χ1v) is 7.36. The fourth-order valence-corrected chi connectivity index (χ4v) is 2.89. The van der Waals surface area contributed by atoms with Crippen molar-refractivity contribution in [3.63, 3.8) is 0 Å². The number of aromatic nitrogens is 4. The number of hydrogen-bond donors (Lipinski definition) is 0. The Morgan fingerprint density at radius 1 is 1.33 bits per heavy atom. The summed E-state index contributed by atoms with van der Waals surface area (Å²) in [6.07, 6.45) is 11.5. The molecule has 1 fully saturated rings. The largest absolute Gasteiger partial charge is 0.335 e. The van der Waals surface area contributed by atoms with Crippen LogP contribution < -0.4 is 0 Å². The van der Waals surface area contributed by atoms with Crippen LogP contribution in [0.15, 0.2) is 31.0 Å². The van der Waals surface area contributed by atoms with Crippen molar-refractivity contribution in [1.29, 1.82) is 0 Å². The molecule has 0 saturated carbocycles. The predicted octanol–water partition coefficient (Wildman–Crippen LogP) is 1.71. The first kappa shape index (κ1) is 13.7. The Balaban J connectivity index is 1.76. The number of imidazole rings is 1. The molecule has 0 aromatic carbocycles. The van der Waals surface area contributed by atoms with Crippen LogP contribution in [-0.2, 0) is 6.42 Å². The van der Waals surface area contributed by atoms with Crippen molar-refractivity contribution in [2.45, 2.75) is 32.2 Å². The zero-order valence-electron chi connectivity index (χ0n) is 12.1. The highest BCUT2D eigenvalue weighted by molar-refractivity contribution is 5.92. The Morgan fingerprint density at radius 2 is 2.24 bits per heavy atom.